The molecule has 5 heteroatoms. The second kappa shape index (κ2) is 10.7. The molecule has 0 aliphatic carbocycles. The fraction of sp³-hybridized carbons (Fsp3) is 0.172. The number of carboxylic acids is 1. The Morgan fingerprint density at radius 1 is 0.853 bits per heavy atom. The van der Waals surface area contributed by atoms with Crippen molar-refractivity contribution < 1.29 is 19.4 Å². The van der Waals surface area contributed by atoms with Crippen molar-refractivity contribution in [2.75, 3.05) is 18.1 Å². The van der Waals surface area contributed by atoms with Gasteiger partial charge in [-0.25, -0.2) is 0 Å². The maximum Gasteiger partial charge on any atom is 0.303 e. The summed E-state index contributed by atoms with van der Waals surface area (Å²) in [6, 6.07) is 29.7. The van der Waals surface area contributed by atoms with Gasteiger partial charge in [-0.05, 0) is 58.7 Å². The first-order valence-electron chi connectivity index (χ1n) is 11.3. The summed E-state index contributed by atoms with van der Waals surface area (Å²) in [6.45, 7) is 2.28. The quantitative estimate of drug-likeness (QED) is 0.340. The molecule has 4 aromatic carbocycles. The SMILES string of the molecule is CC(=O)N(CCOc1ccc(CCC(=O)O)cc1-c1ccc2ccccc2c1)c1ccccc1. The largest absolute Gasteiger partial charge is 0.491 e. The number of anilines is 1. The van der Waals surface area contributed by atoms with Crippen molar-refractivity contribution in [1.29, 1.82) is 0 Å². The van der Waals surface area contributed by atoms with E-state index in [1.165, 1.54) is 0 Å². The molecule has 34 heavy (non-hydrogen) atoms. The minimum Gasteiger partial charge on any atom is -0.491 e. The van der Waals surface area contributed by atoms with Crippen LogP contribution in [-0.4, -0.2) is 30.1 Å². The topological polar surface area (TPSA) is 66.8 Å². The molecule has 1 N–H and O–H groups in total. The van der Waals surface area contributed by atoms with E-state index in [-0.39, 0.29) is 12.3 Å². The van der Waals surface area contributed by atoms with Crippen LogP contribution < -0.4 is 9.64 Å². The Balaban J connectivity index is 1.60. The zero-order valence-electron chi connectivity index (χ0n) is 19.1. The van der Waals surface area contributed by atoms with Gasteiger partial charge in [0.15, 0.2) is 0 Å². The molecule has 0 saturated carbocycles. The van der Waals surface area contributed by atoms with E-state index in [1.54, 1.807) is 11.8 Å². The number of nitrogens with zero attached hydrogens (tertiary/aromatic N) is 1. The number of rotatable bonds is 9. The van der Waals surface area contributed by atoms with Gasteiger partial charge in [0.1, 0.15) is 12.4 Å². The lowest BCUT2D eigenvalue weighted by Gasteiger charge is -2.22. The second-order valence-corrected chi connectivity index (χ2v) is 8.14. The Morgan fingerprint density at radius 2 is 1.59 bits per heavy atom. The van der Waals surface area contributed by atoms with Gasteiger partial charge in [-0.15, -0.1) is 0 Å². The van der Waals surface area contributed by atoms with Crippen LogP contribution in [-0.2, 0) is 16.0 Å². The highest BCUT2D eigenvalue weighted by molar-refractivity contribution is 5.91. The molecule has 0 atom stereocenters. The van der Waals surface area contributed by atoms with Crippen LogP contribution in [0.25, 0.3) is 21.9 Å². The number of carbonyl (C=O) groups is 2. The number of carboxylic acid groups (broad SMARTS) is 1. The Morgan fingerprint density at radius 3 is 2.32 bits per heavy atom. The third kappa shape index (κ3) is 5.62. The first kappa shape index (κ1) is 23.1. The fourth-order valence-electron chi connectivity index (χ4n) is 4.02. The summed E-state index contributed by atoms with van der Waals surface area (Å²) < 4.78 is 6.18. The predicted octanol–water partition coefficient (Wildman–Crippen LogP) is 5.96. The van der Waals surface area contributed by atoms with Crippen molar-refractivity contribution >= 4 is 28.3 Å². The van der Waals surface area contributed by atoms with E-state index in [4.69, 9.17) is 9.84 Å². The highest BCUT2D eigenvalue weighted by Gasteiger charge is 2.14. The van der Waals surface area contributed by atoms with Gasteiger partial charge in [0.25, 0.3) is 0 Å². The molecule has 0 aromatic heterocycles. The van der Waals surface area contributed by atoms with Crippen molar-refractivity contribution in [3.05, 3.63) is 96.6 Å². The summed E-state index contributed by atoms with van der Waals surface area (Å²) in [5, 5.41) is 11.4. The molecule has 4 aromatic rings. The lowest BCUT2D eigenvalue weighted by atomic mass is 9.97. The van der Waals surface area contributed by atoms with E-state index < -0.39 is 5.97 Å². The molecule has 0 radical (unpaired) electrons. The molecule has 0 bridgehead atoms. The van der Waals surface area contributed by atoms with E-state index >= 15 is 0 Å². The Bertz CT molecular complexity index is 1300. The summed E-state index contributed by atoms with van der Waals surface area (Å²) in [5.41, 5.74) is 3.67. The first-order valence-corrected chi connectivity index (χ1v) is 11.3. The van der Waals surface area contributed by atoms with Gasteiger partial charge in [-0.3, -0.25) is 9.59 Å². The molecular weight excluding hydrogens is 426 g/mol. The molecule has 0 fully saturated rings. The molecule has 0 heterocycles. The number of ether oxygens (including phenoxy) is 1. The normalized spacial score (nSPS) is 10.7. The van der Waals surface area contributed by atoms with E-state index in [0.29, 0.717) is 25.3 Å². The average Bonchev–Trinajstić information content (AvgIpc) is 2.85. The summed E-state index contributed by atoms with van der Waals surface area (Å²) in [7, 11) is 0. The molecule has 0 aliphatic heterocycles. The average molecular weight is 454 g/mol. The smallest absolute Gasteiger partial charge is 0.303 e. The molecular formula is C29H27NO4. The maximum absolute atomic E-state index is 12.2. The van der Waals surface area contributed by atoms with Gasteiger partial charge in [0.2, 0.25) is 5.91 Å². The van der Waals surface area contributed by atoms with Gasteiger partial charge in [0, 0.05) is 24.6 Å². The van der Waals surface area contributed by atoms with Gasteiger partial charge < -0.3 is 14.7 Å². The van der Waals surface area contributed by atoms with Gasteiger partial charge in [0.05, 0.1) is 6.54 Å². The predicted molar refractivity (Wildman–Crippen MR) is 135 cm³/mol. The van der Waals surface area contributed by atoms with E-state index in [0.717, 1.165) is 33.2 Å². The van der Waals surface area contributed by atoms with Crippen LogP contribution in [0.3, 0.4) is 0 Å². The van der Waals surface area contributed by atoms with Crippen LogP contribution in [0.4, 0.5) is 5.69 Å². The Hall–Kier alpha value is -4.12. The monoisotopic (exact) mass is 453 g/mol. The number of carbonyl (C=O) groups excluding carboxylic acids is 1. The van der Waals surface area contributed by atoms with Crippen molar-refractivity contribution in [1.82, 2.24) is 0 Å². The third-order valence-corrected chi connectivity index (χ3v) is 5.75. The van der Waals surface area contributed by atoms with Gasteiger partial charge in [-0.1, -0.05) is 60.7 Å². The summed E-state index contributed by atoms with van der Waals surface area (Å²) >= 11 is 0. The third-order valence-electron chi connectivity index (χ3n) is 5.75. The molecule has 172 valence electrons. The van der Waals surface area contributed by atoms with E-state index in [2.05, 4.69) is 30.3 Å². The summed E-state index contributed by atoms with van der Waals surface area (Å²) in [5.74, 6) is -0.169. The minimum absolute atomic E-state index is 0.0476. The van der Waals surface area contributed by atoms with Crippen LogP contribution >= 0.6 is 0 Å². The van der Waals surface area contributed by atoms with Crippen LogP contribution in [0.1, 0.15) is 18.9 Å². The van der Waals surface area contributed by atoms with Crippen molar-refractivity contribution in [2.24, 2.45) is 0 Å². The molecule has 0 aliphatic rings. The zero-order chi connectivity index (χ0) is 23.9. The number of aryl methyl sites for hydroxylation is 1. The Labute approximate surface area is 199 Å². The maximum atomic E-state index is 12.2. The number of benzene rings is 4. The summed E-state index contributed by atoms with van der Waals surface area (Å²) in [6.07, 6.45) is 0.518. The molecule has 0 spiro atoms. The standard InChI is InChI=1S/C29H27NO4/c1-21(31)30(26-9-3-2-4-10-26)17-18-34-28-15-11-22(12-16-29(32)33)19-27(28)25-14-13-23-7-5-6-8-24(23)20-25/h2-11,13-15,19-20H,12,16-18H2,1H3,(H,32,33). The van der Waals surface area contributed by atoms with Crippen molar-refractivity contribution in [3.8, 4) is 16.9 Å². The summed E-state index contributed by atoms with van der Waals surface area (Å²) in [4.78, 5) is 24.9. The number of hydrogen-bond donors (Lipinski definition) is 1. The minimum atomic E-state index is -0.821. The second-order valence-electron chi connectivity index (χ2n) is 8.14. The number of para-hydroxylation sites is 1. The van der Waals surface area contributed by atoms with Gasteiger partial charge in [-0.2, -0.15) is 0 Å². The van der Waals surface area contributed by atoms with Crippen LogP contribution in [0, 0.1) is 0 Å². The zero-order valence-corrected chi connectivity index (χ0v) is 19.1. The van der Waals surface area contributed by atoms with Gasteiger partial charge >= 0.3 is 5.97 Å². The van der Waals surface area contributed by atoms with Crippen molar-refractivity contribution in [3.63, 3.8) is 0 Å². The highest BCUT2D eigenvalue weighted by Crippen LogP contribution is 2.33. The van der Waals surface area contributed by atoms with Crippen LogP contribution in [0.15, 0.2) is 91.0 Å². The lowest BCUT2D eigenvalue weighted by Crippen LogP contribution is -2.32. The number of amides is 1. The van der Waals surface area contributed by atoms with Crippen LogP contribution in [0.5, 0.6) is 5.75 Å². The fourth-order valence-corrected chi connectivity index (χ4v) is 4.02. The molecule has 4 rings (SSSR count). The van der Waals surface area contributed by atoms with Crippen molar-refractivity contribution in [2.45, 2.75) is 19.8 Å². The lowest BCUT2D eigenvalue weighted by molar-refractivity contribution is -0.137. The molecule has 0 unspecified atom stereocenters. The molecule has 5 nitrogen and oxygen atoms in total. The number of fused-ring (bicyclic) bond motifs is 1. The van der Waals surface area contributed by atoms with E-state index in [1.807, 2.05) is 60.7 Å². The van der Waals surface area contributed by atoms with Crippen LogP contribution in [0.2, 0.25) is 0 Å². The van der Waals surface area contributed by atoms with E-state index in [9.17, 15) is 9.59 Å². The molecule has 0 saturated heterocycles. The number of hydrogen-bond acceptors (Lipinski definition) is 3. The highest BCUT2D eigenvalue weighted by atomic mass is 16.5. The Kier molecular flexibility index (Phi) is 7.23. The molecule has 1 amide bonds. The number of aliphatic carboxylic acids is 1. The first-order chi connectivity index (χ1) is 16.5.